The second-order valence-electron chi connectivity index (χ2n) is 7.21. The normalized spacial score (nSPS) is 13.9. The molecule has 28 heavy (non-hydrogen) atoms. The molecule has 0 saturated carbocycles. The number of hydrogen-bond acceptors (Lipinski definition) is 0. The van der Waals surface area contributed by atoms with Gasteiger partial charge in [-0.05, 0) is 12.8 Å². The summed E-state index contributed by atoms with van der Waals surface area (Å²) in [6.45, 7) is 0. The molecular weight excluding hydrogens is 415 g/mol. The highest BCUT2D eigenvalue weighted by Crippen LogP contribution is 2.46. The highest BCUT2D eigenvalue weighted by atomic mass is 28.1. The van der Waals surface area contributed by atoms with Crippen LogP contribution in [0.4, 0.5) is 39.5 Å². The van der Waals surface area contributed by atoms with Crippen LogP contribution in [-0.4, -0.2) is 33.8 Å². The van der Waals surface area contributed by atoms with Crippen molar-refractivity contribution in [1.82, 2.24) is 0 Å². The van der Waals surface area contributed by atoms with E-state index in [1.807, 2.05) is 0 Å². The van der Waals surface area contributed by atoms with Crippen molar-refractivity contribution in [3.63, 3.8) is 0 Å². The Balaban J connectivity index is 3.56. The Labute approximate surface area is 164 Å². The fraction of sp³-hybridized carbons (Fsp3) is 1.00. The molecule has 0 spiro atoms. The van der Waals surface area contributed by atoms with Crippen LogP contribution in [0.25, 0.3) is 0 Å². The number of alkyl halides is 9. The third-order valence-electron chi connectivity index (χ3n) is 4.55. The smallest absolute Gasteiger partial charge is 0.206 e. The van der Waals surface area contributed by atoms with Crippen LogP contribution in [-0.2, 0) is 0 Å². The van der Waals surface area contributed by atoms with Gasteiger partial charge in [-0.3, -0.25) is 0 Å². The fourth-order valence-corrected chi connectivity index (χ4v) is 3.01. The van der Waals surface area contributed by atoms with Crippen LogP contribution in [0, 0.1) is 0 Å². The summed E-state index contributed by atoms with van der Waals surface area (Å²) in [7, 11) is 1.37. The minimum atomic E-state index is -5.44. The Morgan fingerprint density at radius 1 is 0.429 bits per heavy atom. The Hall–Kier alpha value is -0.413. The number of halogens is 9. The molecule has 0 aromatic carbocycles. The van der Waals surface area contributed by atoms with Gasteiger partial charge in [0.15, 0.2) is 0 Å². The van der Waals surface area contributed by atoms with E-state index in [-0.39, 0.29) is 19.3 Å². The number of hydrogen-bond donors (Lipinski definition) is 0. The van der Waals surface area contributed by atoms with Crippen molar-refractivity contribution in [2.75, 3.05) is 0 Å². The summed E-state index contributed by atoms with van der Waals surface area (Å²) >= 11 is 0. The summed E-state index contributed by atoms with van der Waals surface area (Å²) < 4.78 is 113. The SMILES string of the molecule is FC(F)(F)CCCCCCCCCCCCCCC(F)(F)C(F)(F)C(F)(F)[Si]. The standard InChI is InChI=1S/C18H28F9Si/c19-15(20,17(24,25)18(26,27)28)13-11-9-7-5-3-1-2-4-6-8-10-12-14-16(21,22)23/h1-14H2. The van der Waals surface area contributed by atoms with E-state index in [0.717, 1.165) is 44.9 Å². The second-order valence-corrected chi connectivity index (χ2v) is 7.84. The Kier molecular flexibility index (Phi) is 12.1. The van der Waals surface area contributed by atoms with E-state index in [2.05, 4.69) is 0 Å². The van der Waals surface area contributed by atoms with Crippen molar-refractivity contribution in [3.8, 4) is 0 Å². The predicted octanol–water partition coefficient (Wildman–Crippen LogP) is 8.04. The lowest BCUT2D eigenvalue weighted by Gasteiger charge is -2.31. The van der Waals surface area contributed by atoms with E-state index in [4.69, 9.17) is 0 Å². The zero-order valence-electron chi connectivity index (χ0n) is 15.8. The second kappa shape index (κ2) is 12.3. The molecule has 0 aliphatic heterocycles. The first-order chi connectivity index (χ1) is 12.7. The zero-order chi connectivity index (χ0) is 21.9. The maximum Gasteiger partial charge on any atom is 0.389 e. The minimum Gasteiger partial charge on any atom is -0.206 e. The average molecular weight is 443 g/mol. The molecule has 0 amide bonds. The predicted molar refractivity (Wildman–Crippen MR) is 91.3 cm³/mol. The van der Waals surface area contributed by atoms with Gasteiger partial charge in [0, 0.05) is 12.8 Å². The van der Waals surface area contributed by atoms with Gasteiger partial charge < -0.3 is 0 Å². The molecule has 0 bridgehead atoms. The van der Waals surface area contributed by atoms with Gasteiger partial charge in [-0.2, -0.15) is 30.7 Å². The fourth-order valence-electron chi connectivity index (χ4n) is 2.83. The van der Waals surface area contributed by atoms with Crippen LogP contribution in [0.2, 0.25) is 0 Å². The van der Waals surface area contributed by atoms with Gasteiger partial charge in [-0.15, -0.1) is 0 Å². The first-order valence-electron chi connectivity index (χ1n) is 9.66. The first kappa shape index (κ1) is 27.6. The Morgan fingerprint density at radius 3 is 1.00 bits per heavy atom. The van der Waals surface area contributed by atoms with E-state index in [0.29, 0.717) is 12.8 Å². The molecule has 3 radical (unpaired) electrons. The quantitative estimate of drug-likeness (QED) is 0.129. The van der Waals surface area contributed by atoms with E-state index in [1.54, 1.807) is 0 Å². The topological polar surface area (TPSA) is 0 Å². The van der Waals surface area contributed by atoms with Crippen LogP contribution in [0.3, 0.4) is 0 Å². The zero-order valence-corrected chi connectivity index (χ0v) is 16.8. The molecule has 0 aromatic rings. The highest BCUT2D eigenvalue weighted by Gasteiger charge is 2.68. The summed E-state index contributed by atoms with van der Waals surface area (Å²) in [4.78, 5) is 0. The molecule has 10 heteroatoms. The van der Waals surface area contributed by atoms with Gasteiger partial charge in [-0.1, -0.05) is 64.2 Å². The maximum absolute atomic E-state index is 13.3. The van der Waals surface area contributed by atoms with Crippen molar-refractivity contribution in [2.45, 2.75) is 113 Å². The summed E-state index contributed by atoms with van der Waals surface area (Å²) in [6.07, 6.45) is 1.14. The van der Waals surface area contributed by atoms with E-state index in [9.17, 15) is 39.5 Å². The van der Waals surface area contributed by atoms with E-state index in [1.165, 1.54) is 10.2 Å². The van der Waals surface area contributed by atoms with Crippen molar-refractivity contribution < 1.29 is 39.5 Å². The van der Waals surface area contributed by atoms with Crippen LogP contribution in [0.1, 0.15) is 89.9 Å². The van der Waals surface area contributed by atoms with Gasteiger partial charge >= 0.3 is 18.0 Å². The van der Waals surface area contributed by atoms with Crippen LogP contribution in [0.15, 0.2) is 0 Å². The van der Waals surface area contributed by atoms with Gasteiger partial charge in [-0.25, -0.2) is 8.78 Å². The van der Waals surface area contributed by atoms with Crippen LogP contribution in [0.5, 0.6) is 0 Å². The van der Waals surface area contributed by atoms with Gasteiger partial charge in [0.25, 0.3) is 5.55 Å². The molecule has 0 unspecified atom stereocenters. The Bertz CT molecular complexity index is 403. The maximum atomic E-state index is 13.3. The van der Waals surface area contributed by atoms with Crippen molar-refractivity contribution in [3.05, 3.63) is 0 Å². The molecule has 0 aromatic heterocycles. The molecule has 0 nitrogen and oxygen atoms in total. The summed E-state index contributed by atoms with van der Waals surface area (Å²) in [5.41, 5.74) is -4.96. The van der Waals surface area contributed by atoms with Crippen LogP contribution >= 0.6 is 0 Å². The monoisotopic (exact) mass is 443 g/mol. The van der Waals surface area contributed by atoms with Crippen molar-refractivity contribution in [2.24, 2.45) is 0 Å². The van der Waals surface area contributed by atoms with Gasteiger partial charge in [0.2, 0.25) is 0 Å². The Morgan fingerprint density at radius 2 is 0.714 bits per heavy atom. The summed E-state index contributed by atoms with van der Waals surface area (Å²) in [6, 6.07) is 0. The first-order valence-corrected chi connectivity index (χ1v) is 10.2. The van der Waals surface area contributed by atoms with Crippen molar-refractivity contribution in [1.29, 1.82) is 0 Å². The molecule has 0 fully saturated rings. The van der Waals surface area contributed by atoms with Gasteiger partial charge in [0.1, 0.15) is 10.2 Å². The third-order valence-corrected chi connectivity index (χ3v) is 4.87. The molecule has 0 atom stereocenters. The van der Waals surface area contributed by atoms with Crippen LogP contribution < -0.4 is 0 Å². The van der Waals surface area contributed by atoms with Gasteiger partial charge in [0.05, 0.1) is 0 Å². The average Bonchev–Trinajstić information content (AvgIpc) is 2.52. The lowest BCUT2D eigenvalue weighted by atomic mass is 10.0. The summed E-state index contributed by atoms with van der Waals surface area (Å²) in [5.74, 6) is -10.2. The molecule has 0 N–H and O–H groups in total. The highest BCUT2D eigenvalue weighted by molar-refractivity contribution is 6.14. The summed E-state index contributed by atoms with van der Waals surface area (Å²) in [5, 5.41) is 0. The number of unbranched alkanes of at least 4 members (excludes halogenated alkanes) is 11. The van der Waals surface area contributed by atoms with E-state index < -0.39 is 36.4 Å². The molecular formula is C18H28F9Si. The third kappa shape index (κ3) is 11.6. The van der Waals surface area contributed by atoms with Crippen molar-refractivity contribution >= 4 is 10.2 Å². The lowest BCUT2D eigenvalue weighted by Crippen LogP contribution is -2.54. The molecule has 0 rings (SSSR count). The molecule has 0 aliphatic carbocycles. The minimum absolute atomic E-state index is 0.154. The number of rotatable bonds is 16. The molecule has 0 aliphatic rings. The lowest BCUT2D eigenvalue weighted by molar-refractivity contribution is -0.282. The molecule has 167 valence electrons. The molecule has 0 heterocycles. The largest absolute Gasteiger partial charge is 0.389 e. The molecule has 0 saturated heterocycles. The van der Waals surface area contributed by atoms with E-state index >= 15 is 0 Å².